The smallest absolute Gasteiger partial charge is 0.226 e. The first-order valence-corrected chi connectivity index (χ1v) is 13.6. The van der Waals surface area contributed by atoms with Crippen molar-refractivity contribution in [3.8, 4) is 11.4 Å². The summed E-state index contributed by atoms with van der Waals surface area (Å²) in [6.07, 6.45) is 4.11. The second kappa shape index (κ2) is 11.2. The van der Waals surface area contributed by atoms with Crippen molar-refractivity contribution in [3.05, 3.63) is 121 Å². The number of ether oxygens (including phenoxy) is 1. The van der Waals surface area contributed by atoms with Gasteiger partial charge in [-0.2, -0.15) is 0 Å². The summed E-state index contributed by atoms with van der Waals surface area (Å²) < 4.78 is 7.50. The fraction of sp³-hybridized carbons (Fsp3) is 0.156. The van der Waals surface area contributed by atoms with Gasteiger partial charge in [-0.25, -0.2) is 0 Å². The molecular weight excluding hydrogens is 518 g/mol. The fourth-order valence-corrected chi connectivity index (χ4v) is 5.68. The number of amides is 1. The van der Waals surface area contributed by atoms with Gasteiger partial charge in [-0.05, 0) is 72.2 Å². The van der Waals surface area contributed by atoms with Crippen LogP contribution in [-0.2, 0) is 4.79 Å². The topological polar surface area (TPSA) is 71.4 Å². The first-order chi connectivity index (χ1) is 19.6. The number of pyridine rings is 1. The number of hydrogen-bond acceptors (Lipinski definition) is 4. The van der Waals surface area contributed by atoms with Crippen molar-refractivity contribution in [1.82, 2.24) is 19.8 Å². The van der Waals surface area contributed by atoms with E-state index in [0.29, 0.717) is 11.7 Å². The number of fused-ring (bicyclic) bond motifs is 1. The second-order valence-corrected chi connectivity index (χ2v) is 10.0. The molecule has 3 aromatic carbocycles. The summed E-state index contributed by atoms with van der Waals surface area (Å²) in [5, 5.41) is 9.29. The number of benzene rings is 3. The number of carbonyl (C=O) groups is 1. The highest BCUT2D eigenvalue weighted by Crippen LogP contribution is 2.39. The third kappa shape index (κ3) is 5.01. The number of aromatic nitrogens is 2. The molecule has 1 fully saturated rings. The molecule has 0 saturated carbocycles. The lowest BCUT2D eigenvalue weighted by molar-refractivity contribution is -0.116. The fourth-order valence-electron chi connectivity index (χ4n) is 5.35. The van der Waals surface area contributed by atoms with Gasteiger partial charge in [0.25, 0.3) is 0 Å². The molecule has 1 aliphatic rings. The van der Waals surface area contributed by atoms with Gasteiger partial charge in [0.05, 0.1) is 24.9 Å². The minimum atomic E-state index is -0.179. The molecule has 6 rings (SSSR count). The van der Waals surface area contributed by atoms with Crippen LogP contribution in [0.5, 0.6) is 5.75 Å². The largest absolute Gasteiger partial charge is 0.497 e. The van der Waals surface area contributed by atoms with Crippen molar-refractivity contribution in [2.24, 2.45) is 0 Å². The molecular formula is C32H29N5O2S. The molecule has 40 heavy (non-hydrogen) atoms. The van der Waals surface area contributed by atoms with Crippen molar-refractivity contribution in [2.75, 3.05) is 19.0 Å². The summed E-state index contributed by atoms with van der Waals surface area (Å²) in [6.45, 7) is 0.449. The number of carbonyl (C=O) groups excluding carboxylic acids is 1. The third-order valence-electron chi connectivity index (χ3n) is 7.28. The van der Waals surface area contributed by atoms with Gasteiger partial charge in [-0.3, -0.25) is 9.78 Å². The molecule has 1 saturated heterocycles. The van der Waals surface area contributed by atoms with E-state index in [1.807, 2.05) is 97.2 Å². The lowest BCUT2D eigenvalue weighted by Crippen LogP contribution is -2.33. The Kier molecular flexibility index (Phi) is 7.16. The molecule has 2 N–H and O–H groups in total. The van der Waals surface area contributed by atoms with Crippen molar-refractivity contribution < 1.29 is 9.53 Å². The van der Waals surface area contributed by atoms with Crippen LogP contribution >= 0.6 is 12.2 Å². The summed E-state index contributed by atoms with van der Waals surface area (Å²) in [5.74, 6) is 0.732. The van der Waals surface area contributed by atoms with Gasteiger partial charge in [0, 0.05) is 47.8 Å². The quantitative estimate of drug-likeness (QED) is 0.231. The number of hydrogen-bond donors (Lipinski definition) is 2. The molecule has 7 nitrogen and oxygen atoms in total. The first kappa shape index (κ1) is 25.6. The van der Waals surface area contributed by atoms with Gasteiger partial charge < -0.3 is 24.8 Å². The van der Waals surface area contributed by atoms with Crippen molar-refractivity contribution in [3.63, 3.8) is 0 Å². The molecule has 0 aliphatic carbocycles. The lowest BCUT2D eigenvalue weighted by Gasteiger charge is -2.29. The van der Waals surface area contributed by atoms with Crippen LogP contribution in [0.1, 0.15) is 29.9 Å². The predicted molar refractivity (Wildman–Crippen MR) is 162 cm³/mol. The van der Waals surface area contributed by atoms with Crippen molar-refractivity contribution in [2.45, 2.75) is 18.5 Å². The maximum Gasteiger partial charge on any atom is 0.226 e. The van der Waals surface area contributed by atoms with Gasteiger partial charge >= 0.3 is 0 Å². The zero-order valence-electron chi connectivity index (χ0n) is 22.0. The van der Waals surface area contributed by atoms with Crippen LogP contribution in [0.4, 0.5) is 5.69 Å². The Bertz CT molecular complexity index is 1650. The Morgan fingerprint density at radius 3 is 2.58 bits per heavy atom. The average Bonchev–Trinajstić information content (AvgIpc) is 3.61. The van der Waals surface area contributed by atoms with Gasteiger partial charge in [0.2, 0.25) is 5.91 Å². The predicted octanol–water partition coefficient (Wildman–Crippen LogP) is 6.04. The maximum absolute atomic E-state index is 13.2. The Morgan fingerprint density at radius 2 is 1.77 bits per heavy atom. The molecule has 0 bridgehead atoms. The molecule has 5 aromatic rings. The molecule has 0 spiro atoms. The highest BCUT2D eigenvalue weighted by molar-refractivity contribution is 7.80. The standard InChI is InChI=1S/C32H29N5O2S/c1-39-24-16-14-23(15-17-24)36-20-7-13-28(36)31-30(27-11-4-5-19-33-27)35-32(40)37(31)21-18-29(38)34-26-12-6-9-22-8-2-3-10-25(22)26/h2-17,19-20,30-31H,18,21H2,1H3,(H,34,38)(H,35,40)/t30-,31+/m1/s1. The van der Waals surface area contributed by atoms with E-state index in [-0.39, 0.29) is 24.4 Å². The molecule has 1 amide bonds. The van der Waals surface area contributed by atoms with Crippen molar-refractivity contribution >= 4 is 39.7 Å². The Balaban J connectivity index is 1.28. The minimum absolute atomic E-state index is 0.0651. The molecule has 0 unspecified atom stereocenters. The zero-order chi connectivity index (χ0) is 27.5. The molecule has 3 heterocycles. The molecule has 8 heteroatoms. The maximum atomic E-state index is 13.2. The lowest BCUT2D eigenvalue weighted by atomic mass is 10.0. The first-order valence-electron chi connectivity index (χ1n) is 13.2. The van der Waals surface area contributed by atoms with E-state index in [9.17, 15) is 4.79 Å². The Morgan fingerprint density at radius 1 is 0.975 bits per heavy atom. The normalized spacial score (nSPS) is 16.6. The summed E-state index contributed by atoms with van der Waals surface area (Å²) >= 11 is 5.84. The van der Waals surface area contributed by atoms with Crippen LogP contribution < -0.4 is 15.4 Å². The molecule has 2 atom stereocenters. The highest BCUT2D eigenvalue weighted by Gasteiger charge is 2.41. The summed E-state index contributed by atoms with van der Waals surface area (Å²) in [6, 6.07) is 31.6. The average molecular weight is 548 g/mol. The molecule has 1 aliphatic heterocycles. The van der Waals surface area contributed by atoms with E-state index >= 15 is 0 Å². The minimum Gasteiger partial charge on any atom is -0.497 e. The number of thiocarbonyl (C=S) groups is 1. The van der Waals surface area contributed by atoms with Crippen LogP contribution in [0.15, 0.2) is 109 Å². The number of nitrogens with one attached hydrogen (secondary N) is 2. The van der Waals surface area contributed by atoms with Crippen molar-refractivity contribution in [1.29, 1.82) is 0 Å². The number of anilines is 1. The van der Waals surface area contributed by atoms with Crippen LogP contribution in [-0.4, -0.2) is 39.1 Å². The van der Waals surface area contributed by atoms with Crippen LogP contribution in [0.2, 0.25) is 0 Å². The summed E-state index contributed by atoms with van der Waals surface area (Å²) in [4.78, 5) is 19.9. The van der Waals surface area contributed by atoms with E-state index in [1.165, 1.54) is 0 Å². The molecule has 2 aromatic heterocycles. The van der Waals surface area contributed by atoms with Gasteiger partial charge in [-0.15, -0.1) is 0 Å². The third-order valence-corrected chi connectivity index (χ3v) is 7.63. The number of rotatable bonds is 8. The Hall–Kier alpha value is -4.69. The highest BCUT2D eigenvalue weighted by atomic mass is 32.1. The van der Waals surface area contributed by atoms with Gasteiger partial charge in [0.1, 0.15) is 5.75 Å². The van der Waals surface area contributed by atoms with E-state index in [2.05, 4.69) is 31.2 Å². The molecule has 0 radical (unpaired) electrons. The van der Waals surface area contributed by atoms with Crippen LogP contribution in [0.25, 0.3) is 16.5 Å². The monoisotopic (exact) mass is 547 g/mol. The molecule has 200 valence electrons. The van der Waals surface area contributed by atoms with E-state index in [0.717, 1.165) is 39.3 Å². The van der Waals surface area contributed by atoms with E-state index in [1.54, 1.807) is 13.3 Å². The SMILES string of the molecule is COc1ccc(-n2cccc2[C@H]2[C@@H](c3ccccn3)NC(=S)N2CCC(=O)Nc2cccc3ccccc23)cc1. The van der Waals surface area contributed by atoms with E-state index in [4.69, 9.17) is 17.0 Å². The zero-order valence-corrected chi connectivity index (χ0v) is 22.8. The van der Waals surface area contributed by atoms with Crippen LogP contribution in [0, 0.1) is 0 Å². The van der Waals surface area contributed by atoms with Gasteiger partial charge in [-0.1, -0.05) is 42.5 Å². The summed E-state index contributed by atoms with van der Waals surface area (Å²) in [5.41, 5.74) is 3.75. The number of methoxy groups -OCH3 is 1. The van der Waals surface area contributed by atoms with Crippen LogP contribution in [0.3, 0.4) is 0 Å². The van der Waals surface area contributed by atoms with E-state index < -0.39 is 0 Å². The van der Waals surface area contributed by atoms with Gasteiger partial charge in [0.15, 0.2) is 5.11 Å². The Labute approximate surface area is 238 Å². The summed E-state index contributed by atoms with van der Waals surface area (Å²) in [7, 11) is 1.66. The number of nitrogens with zero attached hydrogens (tertiary/aromatic N) is 3. The second-order valence-electron chi connectivity index (χ2n) is 9.65.